The van der Waals surface area contributed by atoms with Gasteiger partial charge in [0, 0.05) is 19.5 Å². The number of nitrogens with zero attached hydrogens (tertiary/aromatic N) is 3. The molecule has 2 atom stereocenters. The van der Waals surface area contributed by atoms with Crippen molar-refractivity contribution in [3.05, 3.63) is 11.7 Å². The van der Waals surface area contributed by atoms with E-state index in [1.165, 1.54) is 6.42 Å². The third-order valence-electron chi connectivity index (χ3n) is 4.00. The lowest BCUT2D eigenvalue weighted by atomic mass is 10.1. The summed E-state index contributed by atoms with van der Waals surface area (Å²) in [6.45, 7) is 7.96. The second-order valence-corrected chi connectivity index (χ2v) is 5.36. The van der Waals surface area contributed by atoms with Crippen LogP contribution in [0.1, 0.15) is 31.2 Å². The zero-order valence-corrected chi connectivity index (χ0v) is 11.5. The second-order valence-electron chi connectivity index (χ2n) is 5.36. The molecule has 1 aromatic heterocycles. The SMILES string of the molecule is CCN1CCOC(c2noc(CC3CCNC3)n2)C1. The summed E-state index contributed by atoms with van der Waals surface area (Å²) in [6, 6.07) is 0. The van der Waals surface area contributed by atoms with Crippen molar-refractivity contribution in [3.63, 3.8) is 0 Å². The van der Waals surface area contributed by atoms with Crippen LogP contribution < -0.4 is 5.32 Å². The molecule has 3 rings (SSSR count). The molecule has 2 saturated heterocycles. The molecule has 3 heterocycles. The van der Waals surface area contributed by atoms with Crippen LogP contribution in [0.3, 0.4) is 0 Å². The van der Waals surface area contributed by atoms with Crippen LogP contribution in [0, 0.1) is 5.92 Å². The number of morpholine rings is 1. The monoisotopic (exact) mass is 266 g/mol. The first-order valence-electron chi connectivity index (χ1n) is 7.22. The van der Waals surface area contributed by atoms with Crippen molar-refractivity contribution < 1.29 is 9.26 Å². The fourth-order valence-electron chi connectivity index (χ4n) is 2.76. The molecule has 6 nitrogen and oxygen atoms in total. The van der Waals surface area contributed by atoms with Gasteiger partial charge in [-0.2, -0.15) is 4.98 Å². The fourth-order valence-corrected chi connectivity index (χ4v) is 2.76. The van der Waals surface area contributed by atoms with Crippen LogP contribution in [-0.2, 0) is 11.2 Å². The molecule has 2 aliphatic rings. The lowest BCUT2D eigenvalue weighted by Gasteiger charge is -2.30. The Kier molecular flexibility index (Phi) is 4.10. The molecule has 19 heavy (non-hydrogen) atoms. The first kappa shape index (κ1) is 13.0. The minimum absolute atomic E-state index is 0.0343. The van der Waals surface area contributed by atoms with Gasteiger partial charge >= 0.3 is 0 Å². The highest BCUT2D eigenvalue weighted by molar-refractivity contribution is 4.95. The van der Waals surface area contributed by atoms with Crippen LogP contribution in [0.15, 0.2) is 4.52 Å². The van der Waals surface area contributed by atoms with Gasteiger partial charge in [-0.3, -0.25) is 4.90 Å². The fraction of sp³-hybridized carbons (Fsp3) is 0.846. The molecule has 2 unspecified atom stereocenters. The maximum Gasteiger partial charge on any atom is 0.227 e. The first-order valence-corrected chi connectivity index (χ1v) is 7.22. The van der Waals surface area contributed by atoms with Crippen molar-refractivity contribution in [2.24, 2.45) is 5.92 Å². The largest absolute Gasteiger partial charge is 0.367 e. The van der Waals surface area contributed by atoms with Crippen LogP contribution in [0.2, 0.25) is 0 Å². The summed E-state index contributed by atoms with van der Waals surface area (Å²) in [4.78, 5) is 6.86. The normalized spacial score (nSPS) is 28.9. The molecular weight excluding hydrogens is 244 g/mol. The molecule has 0 bridgehead atoms. The lowest BCUT2D eigenvalue weighted by Crippen LogP contribution is -2.38. The molecule has 2 aliphatic heterocycles. The molecule has 106 valence electrons. The minimum Gasteiger partial charge on any atom is -0.367 e. The van der Waals surface area contributed by atoms with E-state index in [2.05, 4.69) is 27.3 Å². The van der Waals surface area contributed by atoms with Crippen molar-refractivity contribution in [1.29, 1.82) is 0 Å². The van der Waals surface area contributed by atoms with Crippen molar-refractivity contribution >= 4 is 0 Å². The smallest absolute Gasteiger partial charge is 0.227 e. The number of ether oxygens (including phenoxy) is 1. The Morgan fingerprint density at radius 2 is 2.42 bits per heavy atom. The summed E-state index contributed by atoms with van der Waals surface area (Å²) < 4.78 is 11.1. The summed E-state index contributed by atoms with van der Waals surface area (Å²) in [5, 5.41) is 7.45. The highest BCUT2D eigenvalue weighted by Crippen LogP contribution is 2.21. The molecule has 2 fully saturated rings. The number of rotatable bonds is 4. The van der Waals surface area contributed by atoms with Gasteiger partial charge in [0.05, 0.1) is 6.61 Å². The average Bonchev–Trinajstić information content (AvgIpc) is 3.11. The molecule has 0 aromatic carbocycles. The molecule has 6 heteroatoms. The van der Waals surface area contributed by atoms with E-state index in [-0.39, 0.29) is 6.10 Å². The second kappa shape index (κ2) is 5.98. The van der Waals surface area contributed by atoms with Gasteiger partial charge in [-0.05, 0) is 32.0 Å². The van der Waals surface area contributed by atoms with E-state index in [0.717, 1.165) is 51.6 Å². The predicted molar refractivity (Wildman–Crippen MR) is 69.8 cm³/mol. The standard InChI is InChI=1S/C13H22N4O2/c1-2-17-5-6-18-11(9-17)13-15-12(19-16-13)7-10-3-4-14-8-10/h10-11,14H,2-9H2,1H3. The Bertz CT molecular complexity index is 403. The number of nitrogens with one attached hydrogen (secondary N) is 1. The quantitative estimate of drug-likeness (QED) is 0.861. The van der Waals surface area contributed by atoms with Crippen molar-refractivity contribution in [2.45, 2.75) is 25.9 Å². The number of likely N-dealkylation sites (N-methyl/N-ethyl adjacent to an activating group) is 1. The van der Waals surface area contributed by atoms with Crippen molar-refractivity contribution in [3.8, 4) is 0 Å². The number of aromatic nitrogens is 2. The average molecular weight is 266 g/mol. The van der Waals surface area contributed by atoms with Crippen molar-refractivity contribution in [2.75, 3.05) is 39.3 Å². The van der Waals surface area contributed by atoms with Crippen LogP contribution in [0.25, 0.3) is 0 Å². The highest BCUT2D eigenvalue weighted by atomic mass is 16.5. The van der Waals surface area contributed by atoms with E-state index in [1.54, 1.807) is 0 Å². The molecule has 0 amide bonds. The van der Waals surface area contributed by atoms with Gasteiger partial charge in [-0.15, -0.1) is 0 Å². The van der Waals surface area contributed by atoms with Crippen LogP contribution >= 0.6 is 0 Å². The van der Waals surface area contributed by atoms with Gasteiger partial charge in [0.1, 0.15) is 6.10 Å². The first-order chi connectivity index (χ1) is 9.35. The molecule has 0 saturated carbocycles. The van der Waals surface area contributed by atoms with Gasteiger partial charge in [-0.1, -0.05) is 12.1 Å². The summed E-state index contributed by atoms with van der Waals surface area (Å²) in [6.07, 6.45) is 2.04. The maximum atomic E-state index is 5.74. The van der Waals surface area contributed by atoms with Gasteiger partial charge in [-0.25, -0.2) is 0 Å². The maximum absolute atomic E-state index is 5.74. The number of hydrogen-bond acceptors (Lipinski definition) is 6. The highest BCUT2D eigenvalue weighted by Gasteiger charge is 2.26. The zero-order chi connectivity index (χ0) is 13.1. The molecular formula is C13H22N4O2. The Balaban J connectivity index is 1.60. The Morgan fingerprint density at radius 1 is 1.47 bits per heavy atom. The summed E-state index contributed by atoms with van der Waals surface area (Å²) in [7, 11) is 0. The van der Waals surface area contributed by atoms with E-state index in [9.17, 15) is 0 Å². The summed E-state index contributed by atoms with van der Waals surface area (Å²) >= 11 is 0. The third-order valence-corrected chi connectivity index (χ3v) is 4.00. The Morgan fingerprint density at radius 3 is 3.21 bits per heavy atom. The van der Waals surface area contributed by atoms with E-state index in [4.69, 9.17) is 9.26 Å². The Labute approximate surface area is 113 Å². The Hall–Kier alpha value is -0.980. The molecule has 1 N–H and O–H groups in total. The molecule has 0 radical (unpaired) electrons. The lowest BCUT2D eigenvalue weighted by molar-refractivity contribution is -0.0334. The van der Waals surface area contributed by atoms with Crippen molar-refractivity contribution in [1.82, 2.24) is 20.4 Å². The summed E-state index contributed by atoms with van der Waals surface area (Å²) in [5.74, 6) is 2.09. The number of hydrogen-bond donors (Lipinski definition) is 1. The summed E-state index contributed by atoms with van der Waals surface area (Å²) in [5.41, 5.74) is 0. The predicted octanol–water partition coefficient (Wildman–Crippen LogP) is 0.615. The minimum atomic E-state index is -0.0343. The van der Waals surface area contributed by atoms with Crippen LogP contribution in [-0.4, -0.2) is 54.4 Å². The van der Waals surface area contributed by atoms with Gasteiger partial charge in [0.2, 0.25) is 11.7 Å². The molecule has 0 aliphatic carbocycles. The van der Waals surface area contributed by atoms with Gasteiger partial charge in [0.25, 0.3) is 0 Å². The van der Waals surface area contributed by atoms with Gasteiger partial charge < -0.3 is 14.6 Å². The van der Waals surface area contributed by atoms with Crippen LogP contribution in [0.5, 0.6) is 0 Å². The van der Waals surface area contributed by atoms with Gasteiger partial charge in [0.15, 0.2) is 0 Å². The van der Waals surface area contributed by atoms with E-state index in [0.29, 0.717) is 11.7 Å². The molecule has 1 aromatic rings. The van der Waals surface area contributed by atoms with Crippen LogP contribution in [0.4, 0.5) is 0 Å². The van der Waals surface area contributed by atoms with E-state index < -0.39 is 0 Å². The van der Waals surface area contributed by atoms with E-state index in [1.807, 2.05) is 0 Å². The zero-order valence-electron chi connectivity index (χ0n) is 11.5. The molecule has 0 spiro atoms. The third kappa shape index (κ3) is 3.13. The van der Waals surface area contributed by atoms with E-state index >= 15 is 0 Å². The topological polar surface area (TPSA) is 63.4 Å².